The van der Waals surface area contributed by atoms with Crippen LogP contribution in [0.4, 0.5) is 0 Å². The summed E-state index contributed by atoms with van der Waals surface area (Å²) in [4.78, 5) is 12.8. The molecule has 1 aliphatic carbocycles. The van der Waals surface area contributed by atoms with Gasteiger partial charge in [0.15, 0.2) is 10.9 Å². The van der Waals surface area contributed by atoms with Crippen molar-refractivity contribution in [3.8, 4) is 5.69 Å². The minimum atomic E-state index is 0.142. The highest BCUT2D eigenvalue weighted by atomic mass is 32.2. The standard InChI is InChI=1S/C21H24N4OS/c1-4-24-14(2)12-18(15(24)3)19(26)13-27-21-23-22-20(16-10-11-16)25(21)17-8-6-5-7-9-17/h5-9,12,16H,4,10-11,13H2,1-3H3. The minimum Gasteiger partial charge on any atom is -0.349 e. The van der Waals surface area contributed by atoms with Gasteiger partial charge in [-0.1, -0.05) is 30.0 Å². The van der Waals surface area contributed by atoms with Crippen LogP contribution in [-0.2, 0) is 6.54 Å². The number of para-hydroxylation sites is 1. The third kappa shape index (κ3) is 3.46. The second kappa shape index (κ2) is 7.35. The Balaban J connectivity index is 1.58. The third-order valence-corrected chi connectivity index (χ3v) is 6.07. The highest BCUT2D eigenvalue weighted by molar-refractivity contribution is 7.99. The number of rotatable bonds is 7. The van der Waals surface area contributed by atoms with Gasteiger partial charge < -0.3 is 4.57 Å². The van der Waals surface area contributed by atoms with Gasteiger partial charge in [0.05, 0.1) is 5.75 Å². The van der Waals surface area contributed by atoms with Crippen LogP contribution in [0.3, 0.4) is 0 Å². The van der Waals surface area contributed by atoms with Crippen LogP contribution in [0.15, 0.2) is 41.6 Å². The molecule has 0 aliphatic heterocycles. The van der Waals surface area contributed by atoms with Gasteiger partial charge in [0.1, 0.15) is 5.82 Å². The van der Waals surface area contributed by atoms with Gasteiger partial charge in [-0.15, -0.1) is 10.2 Å². The molecule has 0 unspecified atom stereocenters. The summed E-state index contributed by atoms with van der Waals surface area (Å²) in [5, 5.41) is 9.62. The predicted molar refractivity (Wildman–Crippen MR) is 108 cm³/mol. The van der Waals surface area contributed by atoms with Gasteiger partial charge in [-0.3, -0.25) is 9.36 Å². The maximum atomic E-state index is 12.8. The number of benzene rings is 1. The van der Waals surface area contributed by atoms with Gasteiger partial charge in [0, 0.05) is 35.1 Å². The molecule has 1 saturated carbocycles. The Morgan fingerprint density at radius 1 is 1.19 bits per heavy atom. The third-order valence-electron chi connectivity index (χ3n) is 5.14. The SMILES string of the molecule is CCn1c(C)cc(C(=O)CSc2nnc(C3CC3)n2-c2ccccc2)c1C. The van der Waals surface area contributed by atoms with Gasteiger partial charge in [-0.25, -0.2) is 0 Å². The van der Waals surface area contributed by atoms with E-state index in [2.05, 4.69) is 38.4 Å². The molecule has 140 valence electrons. The molecular weight excluding hydrogens is 356 g/mol. The van der Waals surface area contributed by atoms with Crippen molar-refractivity contribution in [1.29, 1.82) is 0 Å². The Bertz CT molecular complexity index is 970. The maximum Gasteiger partial charge on any atom is 0.196 e. The van der Waals surface area contributed by atoms with Gasteiger partial charge in [-0.05, 0) is 51.8 Å². The summed E-state index contributed by atoms with van der Waals surface area (Å²) in [6.07, 6.45) is 2.33. The first kappa shape index (κ1) is 18.0. The molecular formula is C21H24N4OS. The van der Waals surface area contributed by atoms with Crippen molar-refractivity contribution in [2.45, 2.75) is 51.2 Å². The molecule has 6 heteroatoms. The lowest BCUT2D eigenvalue weighted by Gasteiger charge is -2.09. The molecule has 5 nitrogen and oxygen atoms in total. The van der Waals surface area contributed by atoms with Crippen LogP contribution in [0.1, 0.15) is 53.3 Å². The molecule has 0 radical (unpaired) electrons. The zero-order valence-corrected chi connectivity index (χ0v) is 16.8. The summed E-state index contributed by atoms with van der Waals surface area (Å²) < 4.78 is 4.29. The van der Waals surface area contributed by atoms with Crippen molar-refractivity contribution < 1.29 is 4.79 Å². The Morgan fingerprint density at radius 2 is 1.93 bits per heavy atom. The fourth-order valence-corrected chi connectivity index (χ4v) is 4.42. The Hall–Kier alpha value is -2.34. The molecule has 0 N–H and O–H groups in total. The molecule has 0 spiro atoms. The number of carbonyl (C=O) groups is 1. The predicted octanol–water partition coefficient (Wildman–Crippen LogP) is 4.56. The molecule has 0 bridgehead atoms. The van der Waals surface area contributed by atoms with Gasteiger partial charge in [0.25, 0.3) is 0 Å². The van der Waals surface area contributed by atoms with Crippen molar-refractivity contribution in [2.75, 3.05) is 5.75 Å². The van der Waals surface area contributed by atoms with Crippen molar-refractivity contribution in [3.05, 3.63) is 59.2 Å². The van der Waals surface area contributed by atoms with E-state index in [0.29, 0.717) is 11.7 Å². The van der Waals surface area contributed by atoms with Crippen LogP contribution in [0.2, 0.25) is 0 Å². The lowest BCUT2D eigenvalue weighted by Crippen LogP contribution is -2.07. The Labute approximate surface area is 163 Å². The maximum absolute atomic E-state index is 12.8. The summed E-state index contributed by atoms with van der Waals surface area (Å²) in [7, 11) is 0. The monoisotopic (exact) mass is 380 g/mol. The molecule has 1 aromatic carbocycles. The average Bonchev–Trinajstić information content (AvgIpc) is 3.37. The number of thioether (sulfide) groups is 1. The number of aromatic nitrogens is 4. The number of hydrogen-bond acceptors (Lipinski definition) is 4. The number of Topliss-reactive ketones (excluding diaryl/α,β-unsaturated/α-hetero) is 1. The molecule has 27 heavy (non-hydrogen) atoms. The first-order valence-corrected chi connectivity index (χ1v) is 10.4. The molecule has 0 saturated heterocycles. The van der Waals surface area contributed by atoms with Crippen molar-refractivity contribution >= 4 is 17.5 Å². The zero-order chi connectivity index (χ0) is 19.0. The minimum absolute atomic E-state index is 0.142. The van der Waals surface area contributed by atoms with E-state index < -0.39 is 0 Å². The smallest absolute Gasteiger partial charge is 0.196 e. The lowest BCUT2D eigenvalue weighted by molar-refractivity contribution is 0.102. The average molecular weight is 381 g/mol. The van der Waals surface area contributed by atoms with Crippen LogP contribution in [-0.4, -0.2) is 30.9 Å². The Morgan fingerprint density at radius 3 is 2.56 bits per heavy atom. The number of carbonyl (C=O) groups excluding carboxylic acids is 1. The van der Waals surface area contributed by atoms with Crippen LogP contribution < -0.4 is 0 Å². The molecule has 4 rings (SSSR count). The van der Waals surface area contributed by atoms with Gasteiger partial charge in [-0.2, -0.15) is 0 Å². The van der Waals surface area contributed by atoms with Crippen molar-refractivity contribution in [1.82, 2.24) is 19.3 Å². The van der Waals surface area contributed by atoms with E-state index in [4.69, 9.17) is 0 Å². The molecule has 2 aromatic heterocycles. The highest BCUT2D eigenvalue weighted by Crippen LogP contribution is 2.41. The van der Waals surface area contributed by atoms with E-state index in [1.165, 1.54) is 11.8 Å². The van der Waals surface area contributed by atoms with E-state index >= 15 is 0 Å². The van der Waals surface area contributed by atoms with Crippen LogP contribution in [0.25, 0.3) is 5.69 Å². The van der Waals surface area contributed by atoms with Crippen molar-refractivity contribution in [2.24, 2.45) is 0 Å². The quantitative estimate of drug-likeness (QED) is 0.445. The topological polar surface area (TPSA) is 52.7 Å². The fourth-order valence-electron chi connectivity index (χ4n) is 3.58. The second-order valence-corrected chi connectivity index (χ2v) is 7.97. The van der Waals surface area contributed by atoms with E-state index in [-0.39, 0.29) is 5.78 Å². The molecule has 3 aromatic rings. The van der Waals surface area contributed by atoms with E-state index in [1.54, 1.807) is 0 Å². The van der Waals surface area contributed by atoms with Crippen LogP contribution >= 0.6 is 11.8 Å². The van der Waals surface area contributed by atoms with Gasteiger partial charge in [0.2, 0.25) is 0 Å². The van der Waals surface area contributed by atoms with Crippen LogP contribution in [0.5, 0.6) is 0 Å². The first-order valence-electron chi connectivity index (χ1n) is 9.43. The highest BCUT2D eigenvalue weighted by Gasteiger charge is 2.31. The molecule has 2 heterocycles. The number of aryl methyl sites for hydroxylation is 1. The number of nitrogens with zero attached hydrogens (tertiary/aromatic N) is 4. The van der Waals surface area contributed by atoms with E-state index in [9.17, 15) is 4.79 Å². The summed E-state index contributed by atoms with van der Waals surface area (Å²) in [5.41, 5.74) is 4.05. The lowest BCUT2D eigenvalue weighted by atomic mass is 10.2. The molecule has 1 fully saturated rings. The first-order chi connectivity index (χ1) is 13.1. The number of hydrogen-bond donors (Lipinski definition) is 0. The molecule has 0 amide bonds. The second-order valence-electron chi connectivity index (χ2n) is 7.03. The Kier molecular flexibility index (Phi) is 4.91. The van der Waals surface area contributed by atoms with Gasteiger partial charge >= 0.3 is 0 Å². The van der Waals surface area contributed by atoms with Crippen molar-refractivity contribution in [3.63, 3.8) is 0 Å². The summed E-state index contributed by atoms with van der Waals surface area (Å²) >= 11 is 1.47. The molecule has 1 aliphatic rings. The van der Waals surface area contributed by atoms with E-state index in [1.807, 2.05) is 38.1 Å². The summed E-state index contributed by atoms with van der Waals surface area (Å²) in [6, 6.07) is 12.2. The summed E-state index contributed by atoms with van der Waals surface area (Å²) in [6.45, 7) is 7.05. The fraction of sp³-hybridized carbons (Fsp3) is 0.381. The van der Waals surface area contributed by atoms with E-state index in [0.717, 1.165) is 53.0 Å². The number of ketones is 1. The normalized spacial score (nSPS) is 13.9. The molecule has 0 atom stereocenters. The summed E-state index contributed by atoms with van der Waals surface area (Å²) in [5.74, 6) is 2.01. The van der Waals surface area contributed by atoms with Crippen LogP contribution in [0, 0.1) is 13.8 Å². The zero-order valence-electron chi connectivity index (χ0n) is 16.0. The largest absolute Gasteiger partial charge is 0.349 e.